The van der Waals surface area contributed by atoms with Gasteiger partial charge in [-0.25, -0.2) is 18.7 Å². The highest BCUT2D eigenvalue weighted by Crippen LogP contribution is 2.33. The van der Waals surface area contributed by atoms with Gasteiger partial charge in [-0.1, -0.05) is 13.8 Å². The van der Waals surface area contributed by atoms with Gasteiger partial charge in [0.2, 0.25) is 0 Å². The maximum Gasteiger partial charge on any atom is 0.340 e. The van der Waals surface area contributed by atoms with Crippen LogP contribution in [0.3, 0.4) is 0 Å². The molecule has 2 atom stereocenters. The molecule has 10 nitrogen and oxygen atoms in total. The van der Waals surface area contributed by atoms with E-state index in [1.54, 1.807) is 0 Å². The van der Waals surface area contributed by atoms with E-state index < -0.39 is 43.9 Å². The molecule has 3 rings (SSSR count). The zero-order chi connectivity index (χ0) is 24.2. The lowest BCUT2D eigenvalue weighted by Gasteiger charge is -2.26. The first-order valence-electron chi connectivity index (χ1n) is 9.51. The summed E-state index contributed by atoms with van der Waals surface area (Å²) in [7, 11) is 0. The molecule has 0 saturated carbocycles. The number of hydrogen-bond donors (Lipinski definition) is 2. The maximum absolute atomic E-state index is 13.1. The van der Waals surface area contributed by atoms with Crippen molar-refractivity contribution >= 4 is 57.0 Å². The minimum Gasteiger partial charge on any atom is -0.479 e. The average Bonchev–Trinajstić information content (AvgIpc) is 3.15. The van der Waals surface area contributed by atoms with Crippen molar-refractivity contribution in [1.82, 2.24) is 9.13 Å². The van der Waals surface area contributed by atoms with Crippen molar-refractivity contribution in [3.8, 4) is 0 Å². The highest BCUT2D eigenvalue weighted by molar-refractivity contribution is 8.00. The predicted octanol–water partition coefficient (Wildman–Crippen LogP) is 0.933. The summed E-state index contributed by atoms with van der Waals surface area (Å²) in [5.74, 6) is -2.75. The summed E-state index contributed by atoms with van der Waals surface area (Å²) in [6.45, 7) is 3.05. The number of nitrogens with zero attached hydrogens (tertiary/aromatic N) is 2. The van der Waals surface area contributed by atoms with Crippen molar-refractivity contribution in [2.45, 2.75) is 36.4 Å². The Hall–Kier alpha value is -2.86. The summed E-state index contributed by atoms with van der Waals surface area (Å²) in [4.78, 5) is 72.6. The number of aliphatic carboxylic acids is 2. The first-order chi connectivity index (χ1) is 15.0. The highest BCUT2D eigenvalue weighted by Gasteiger charge is 2.44. The number of carboxylic acid groups (broad SMARTS) is 2. The van der Waals surface area contributed by atoms with Gasteiger partial charge in [0.15, 0.2) is 9.74 Å². The first-order valence-corrected chi connectivity index (χ1v) is 12.0. The Bertz CT molecular complexity index is 1280. The fraction of sp³-hybridized carbons (Fsp3) is 0.400. The average molecular weight is 481 g/mol. The summed E-state index contributed by atoms with van der Waals surface area (Å²) < 4.78 is 1.28. The Morgan fingerprint density at radius 1 is 0.719 bits per heavy atom. The first kappa shape index (κ1) is 23.8. The number of rotatable bonds is 8. The van der Waals surface area contributed by atoms with Gasteiger partial charge in [-0.3, -0.25) is 19.2 Å². The van der Waals surface area contributed by atoms with E-state index in [2.05, 4.69) is 0 Å². The van der Waals surface area contributed by atoms with Crippen LogP contribution in [0.25, 0.3) is 21.5 Å². The van der Waals surface area contributed by atoms with Crippen LogP contribution in [-0.4, -0.2) is 43.8 Å². The van der Waals surface area contributed by atoms with Crippen molar-refractivity contribution in [3.05, 3.63) is 53.5 Å². The van der Waals surface area contributed by atoms with E-state index >= 15 is 0 Å². The molecule has 2 heterocycles. The fourth-order valence-electron chi connectivity index (χ4n) is 4.09. The standard InChI is InChI=1S/C20H20N2O8S2/c1-5-19(31-3,17(27)28)21-13(23)9-7-11-12(8-10(9)14(21)24)16(26)22(15(11)25)20(6-2,32-4)18(29)30/h7-8H,5-6H2,1-4H3,(H,27,28)(H,29,30)/t19-,20-/m0/s1. The zero-order valence-corrected chi connectivity index (χ0v) is 19.3. The molecule has 12 heteroatoms. The van der Waals surface area contributed by atoms with Crippen molar-refractivity contribution in [3.63, 3.8) is 0 Å². The molecular formula is C20H20N2O8S2. The molecule has 0 fully saturated rings. The predicted molar refractivity (Wildman–Crippen MR) is 124 cm³/mol. The summed E-state index contributed by atoms with van der Waals surface area (Å²) in [6, 6.07) is 2.16. The molecule has 3 aromatic rings. The van der Waals surface area contributed by atoms with Gasteiger partial charge in [0.25, 0.3) is 22.2 Å². The third-order valence-corrected chi connectivity index (χ3v) is 8.56. The molecule has 1 aromatic carbocycles. The van der Waals surface area contributed by atoms with E-state index in [1.165, 1.54) is 26.4 Å². The zero-order valence-electron chi connectivity index (χ0n) is 17.6. The van der Waals surface area contributed by atoms with Gasteiger partial charge in [0.1, 0.15) is 0 Å². The molecule has 0 saturated heterocycles. The number of benzene rings is 1. The van der Waals surface area contributed by atoms with Crippen LogP contribution >= 0.6 is 23.5 Å². The summed E-state index contributed by atoms with van der Waals surface area (Å²) >= 11 is 1.64. The number of hydrogen-bond acceptors (Lipinski definition) is 8. The second kappa shape index (κ2) is 7.93. The van der Waals surface area contributed by atoms with Crippen molar-refractivity contribution in [2.75, 3.05) is 12.5 Å². The van der Waals surface area contributed by atoms with Gasteiger partial charge in [-0.05, 0) is 37.5 Å². The van der Waals surface area contributed by atoms with Crippen LogP contribution in [0.4, 0.5) is 0 Å². The van der Waals surface area contributed by atoms with Crippen LogP contribution in [-0.2, 0) is 19.3 Å². The number of aromatic nitrogens is 2. The molecule has 170 valence electrons. The molecule has 0 aliphatic heterocycles. The van der Waals surface area contributed by atoms with Gasteiger partial charge >= 0.3 is 11.9 Å². The van der Waals surface area contributed by atoms with Crippen LogP contribution < -0.4 is 22.2 Å². The quantitative estimate of drug-likeness (QED) is 0.476. The Morgan fingerprint density at radius 2 is 0.969 bits per heavy atom. The van der Waals surface area contributed by atoms with E-state index in [1.807, 2.05) is 0 Å². The van der Waals surface area contributed by atoms with E-state index in [9.17, 15) is 39.0 Å². The minimum absolute atomic E-state index is 0.0638. The Kier molecular flexibility index (Phi) is 5.89. The number of carboxylic acids is 2. The Labute approximate surface area is 188 Å². The minimum atomic E-state index is -1.85. The lowest BCUT2D eigenvalue weighted by Crippen LogP contribution is -2.48. The molecule has 0 amide bonds. The summed E-state index contributed by atoms with van der Waals surface area (Å²) in [5, 5.41) is 18.7. The Balaban J connectivity index is 2.51. The van der Waals surface area contributed by atoms with E-state index in [0.717, 1.165) is 35.7 Å². The van der Waals surface area contributed by atoms with Gasteiger partial charge in [-0.15, -0.1) is 23.5 Å². The molecule has 2 aromatic heterocycles. The van der Waals surface area contributed by atoms with Gasteiger partial charge in [-0.2, -0.15) is 0 Å². The number of carbonyl (C=O) groups is 2. The third-order valence-electron chi connectivity index (χ3n) is 5.92. The van der Waals surface area contributed by atoms with Crippen LogP contribution in [0, 0.1) is 0 Å². The SMILES string of the molecule is CC[C@](SC)(C(=O)O)n1c(=O)c2cc3c(=O)n([C@@](CC)(SC)C(=O)O)c(=O)c3cc2c1=O. The normalized spacial score (nSPS) is 15.6. The molecule has 0 bridgehead atoms. The number of fused-ring (bicyclic) bond motifs is 2. The van der Waals surface area contributed by atoms with E-state index in [-0.39, 0.29) is 34.4 Å². The van der Waals surface area contributed by atoms with Gasteiger partial charge < -0.3 is 10.2 Å². The molecular weight excluding hydrogens is 460 g/mol. The van der Waals surface area contributed by atoms with Crippen molar-refractivity contribution < 1.29 is 19.8 Å². The molecule has 0 aliphatic carbocycles. The second-order valence-corrected chi connectivity index (χ2v) is 9.30. The van der Waals surface area contributed by atoms with E-state index in [0.29, 0.717) is 9.13 Å². The largest absolute Gasteiger partial charge is 0.479 e. The second-order valence-electron chi connectivity index (χ2n) is 7.13. The maximum atomic E-state index is 13.1. The van der Waals surface area contributed by atoms with Crippen LogP contribution in [0.1, 0.15) is 26.7 Å². The smallest absolute Gasteiger partial charge is 0.340 e. The van der Waals surface area contributed by atoms with Crippen molar-refractivity contribution in [1.29, 1.82) is 0 Å². The molecule has 2 N–H and O–H groups in total. The summed E-state index contributed by atoms with van der Waals surface area (Å²) in [6.07, 6.45) is 2.80. The van der Waals surface area contributed by atoms with Crippen molar-refractivity contribution in [2.24, 2.45) is 0 Å². The molecule has 0 radical (unpaired) electrons. The highest BCUT2D eigenvalue weighted by atomic mass is 32.2. The van der Waals surface area contributed by atoms with Crippen LogP contribution in [0.5, 0.6) is 0 Å². The van der Waals surface area contributed by atoms with Crippen LogP contribution in [0.15, 0.2) is 31.3 Å². The van der Waals surface area contributed by atoms with E-state index in [4.69, 9.17) is 0 Å². The Morgan fingerprint density at radius 3 is 1.12 bits per heavy atom. The topological polar surface area (TPSA) is 153 Å². The monoisotopic (exact) mass is 480 g/mol. The molecule has 0 aliphatic rings. The lowest BCUT2D eigenvalue weighted by molar-refractivity contribution is -0.143. The molecule has 0 spiro atoms. The van der Waals surface area contributed by atoms with Gasteiger partial charge in [0.05, 0.1) is 21.5 Å². The molecule has 0 unspecified atom stereocenters. The molecule has 32 heavy (non-hydrogen) atoms. The van der Waals surface area contributed by atoms with Crippen LogP contribution in [0.2, 0.25) is 0 Å². The summed E-state index contributed by atoms with van der Waals surface area (Å²) in [5.41, 5.74) is -3.57. The third kappa shape index (κ3) is 2.82. The lowest BCUT2D eigenvalue weighted by atomic mass is 10.1. The number of thioether (sulfide) groups is 2. The fourth-order valence-corrected chi connectivity index (χ4v) is 5.71. The van der Waals surface area contributed by atoms with Gasteiger partial charge in [0, 0.05) is 0 Å².